The van der Waals surface area contributed by atoms with Crippen molar-refractivity contribution in [1.29, 1.82) is 0 Å². The van der Waals surface area contributed by atoms with Crippen molar-refractivity contribution >= 4 is 6.09 Å². The third-order valence-electron chi connectivity index (χ3n) is 6.28. The molecule has 0 spiro atoms. The first-order chi connectivity index (χ1) is 13.4. The highest BCUT2D eigenvalue weighted by Gasteiger charge is 2.26. The molecule has 1 saturated heterocycles. The SMILES string of the molecule is CC(C)(C)OC(=O)NCC1CCC(CN2CCC(c3ccccc3)CC2)CC1. The van der Waals surface area contributed by atoms with Crippen LogP contribution >= 0.6 is 0 Å². The maximum atomic E-state index is 11.8. The van der Waals surface area contributed by atoms with Gasteiger partial charge in [0.05, 0.1) is 0 Å². The zero-order valence-corrected chi connectivity index (χ0v) is 18.0. The number of nitrogens with zero attached hydrogens (tertiary/aromatic N) is 1. The second-order valence-corrected chi connectivity index (χ2v) is 9.76. The van der Waals surface area contributed by atoms with E-state index < -0.39 is 5.60 Å². The Bertz CT molecular complexity index is 595. The second-order valence-electron chi connectivity index (χ2n) is 9.76. The summed E-state index contributed by atoms with van der Waals surface area (Å²) in [6, 6.07) is 11.0. The van der Waals surface area contributed by atoms with Crippen LogP contribution in [0.15, 0.2) is 30.3 Å². The van der Waals surface area contributed by atoms with Gasteiger partial charge in [0.1, 0.15) is 5.60 Å². The van der Waals surface area contributed by atoms with Gasteiger partial charge in [-0.15, -0.1) is 0 Å². The first-order valence-electron chi connectivity index (χ1n) is 11.1. The summed E-state index contributed by atoms with van der Waals surface area (Å²) in [7, 11) is 0. The second kappa shape index (κ2) is 9.78. The van der Waals surface area contributed by atoms with E-state index in [4.69, 9.17) is 4.74 Å². The fourth-order valence-electron chi connectivity index (χ4n) is 4.70. The summed E-state index contributed by atoms with van der Waals surface area (Å²) in [6.45, 7) is 10.2. The number of benzene rings is 1. The lowest BCUT2D eigenvalue weighted by Crippen LogP contribution is -2.39. The fourth-order valence-corrected chi connectivity index (χ4v) is 4.70. The molecule has 0 unspecified atom stereocenters. The van der Waals surface area contributed by atoms with Gasteiger partial charge < -0.3 is 15.0 Å². The summed E-state index contributed by atoms with van der Waals surface area (Å²) < 4.78 is 5.33. The average molecular weight is 387 g/mol. The topological polar surface area (TPSA) is 41.6 Å². The van der Waals surface area contributed by atoms with Gasteiger partial charge in [-0.1, -0.05) is 30.3 Å². The van der Waals surface area contributed by atoms with E-state index in [1.54, 1.807) is 0 Å². The summed E-state index contributed by atoms with van der Waals surface area (Å²) in [5.74, 6) is 2.17. The van der Waals surface area contributed by atoms with E-state index in [-0.39, 0.29) is 6.09 Å². The van der Waals surface area contributed by atoms with Crippen LogP contribution in [0.4, 0.5) is 4.79 Å². The number of ether oxygens (including phenoxy) is 1. The Kier molecular flexibility index (Phi) is 7.39. The lowest BCUT2D eigenvalue weighted by atomic mass is 9.81. The number of carbonyl (C=O) groups is 1. The van der Waals surface area contributed by atoms with Crippen LogP contribution in [0.3, 0.4) is 0 Å². The molecular weight excluding hydrogens is 348 g/mol. The summed E-state index contributed by atoms with van der Waals surface area (Å²) in [5, 5.41) is 2.95. The zero-order chi connectivity index (χ0) is 20.0. The monoisotopic (exact) mass is 386 g/mol. The normalized spacial score (nSPS) is 24.7. The molecule has 1 amide bonds. The van der Waals surface area contributed by atoms with E-state index in [0.29, 0.717) is 5.92 Å². The van der Waals surface area contributed by atoms with E-state index in [2.05, 4.69) is 40.5 Å². The Labute approximate surface area is 171 Å². The zero-order valence-electron chi connectivity index (χ0n) is 18.0. The molecule has 1 N–H and O–H groups in total. The van der Waals surface area contributed by atoms with Gasteiger partial charge in [-0.05, 0) is 95.7 Å². The lowest BCUT2D eigenvalue weighted by Gasteiger charge is -2.36. The van der Waals surface area contributed by atoms with E-state index in [0.717, 1.165) is 18.4 Å². The predicted octanol–water partition coefficient (Wildman–Crippen LogP) is 5.20. The first-order valence-corrected chi connectivity index (χ1v) is 11.1. The van der Waals surface area contributed by atoms with Gasteiger partial charge in [0.25, 0.3) is 0 Å². The van der Waals surface area contributed by atoms with Crippen LogP contribution in [0.1, 0.15) is 70.8 Å². The van der Waals surface area contributed by atoms with Crippen molar-refractivity contribution in [2.24, 2.45) is 11.8 Å². The Hall–Kier alpha value is -1.55. The van der Waals surface area contributed by atoms with Crippen molar-refractivity contribution < 1.29 is 9.53 Å². The fraction of sp³-hybridized carbons (Fsp3) is 0.708. The molecule has 156 valence electrons. The quantitative estimate of drug-likeness (QED) is 0.756. The van der Waals surface area contributed by atoms with Gasteiger partial charge in [-0.25, -0.2) is 4.79 Å². The molecule has 0 atom stereocenters. The largest absolute Gasteiger partial charge is 0.444 e. The molecular formula is C24H38N2O2. The molecule has 4 heteroatoms. The molecule has 1 aromatic carbocycles. The van der Waals surface area contributed by atoms with Crippen molar-refractivity contribution in [1.82, 2.24) is 10.2 Å². The molecule has 2 aliphatic rings. The number of rotatable bonds is 5. The maximum absolute atomic E-state index is 11.8. The molecule has 4 nitrogen and oxygen atoms in total. The molecule has 1 aliphatic heterocycles. The molecule has 3 rings (SSSR count). The molecule has 0 aromatic heterocycles. The molecule has 0 bridgehead atoms. The number of amides is 1. The van der Waals surface area contributed by atoms with Crippen LogP contribution in [-0.2, 0) is 4.74 Å². The number of likely N-dealkylation sites (tertiary alicyclic amines) is 1. The summed E-state index contributed by atoms with van der Waals surface area (Å²) in [6.07, 6.45) is 7.33. The standard InChI is InChI=1S/C24H38N2O2/c1-24(2,3)28-23(27)25-17-19-9-11-20(12-10-19)18-26-15-13-22(14-16-26)21-7-5-4-6-8-21/h4-8,19-20,22H,9-18H2,1-3H3,(H,25,27). The third kappa shape index (κ3) is 6.80. The molecule has 1 heterocycles. The number of piperidine rings is 1. The van der Waals surface area contributed by atoms with Crippen LogP contribution in [0, 0.1) is 11.8 Å². The summed E-state index contributed by atoms with van der Waals surface area (Å²) in [4.78, 5) is 14.5. The van der Waals surface area contributed by atoms with E-state index >= 15 is 0 Å². The van der Waals surface area contributed by atoms with Crippen molar-refractivity contribution in [3.8, 4) is 0 Å². The van der Waals surface area contributed by atoms with Gasteiger partial charge in [0.2, 0.25) is 0 Å². The van der Waals surface area contributed by atoms with Crippen LogP contribution in [0.2, 0.25) is 0 Å². The molecule has 1 aromatic rings. The average Bonchev–Trinajstić information content (AvgIpc) is 2.67. The Morgan fingerprint density at radius 2 is 1.61 bits per heavy atom. The van der Waals surface area contributed by atoms with Gasteiger partial charge >= 0.3 is 6.09 Å². The molecule has 2 fully saturated rings. The van der Waals surface area contributed by atoms with Gasteiger partial charge in [0, 0.05) is 13.1 Å². The van der Waals surface area contributed by atoms with Crippen molar-refractivity contribution in [2.45, 2.75) is 70.8 Å². The molecule has 0 radical (unpaired) electrons. The number of hydrogen-bond donors (Lipinski definition) is 1. The minimum absolute atomic E-state index is 0.282. The Morgan fingerprint density at radius 3 is 2.21 bits per heavy atom. The van der Waals surface area contributed by atoms with Crippen molar-refractivity contribution in [2.75, 3.05) is 26.2 Å². The number of nitrogens with one attached hydrogen (secondary N) is 1. The van der Waals surface area contributed by atoms with Gasteiger partial charge in [-0.2, -0.15) is 0 Å². The minimum Gasteiger partial charge on any atom is -0.444 e. The Balaban J connectivity index is 1.31. The van der Waals surface area contributed by atoms with Crippen LogP contribution in [-0.4, -0.2) is 42.8 Å². The lowest BCUT2D eigenvalue weighted by molar-refractivity contribution is 0.0511. The molecule has 28 heavy (non-hydrogen) atoms. The smallest absolute Gasteiger partial charge is 0.407 e. The number of carbonyl (C=O) groups excluding carboxylic acids is 1. The van der Waals surface area contributed by atoms with E-state index in [1.165, 1.54) is 63.7 Å². The molecule has 1 saturated carbocycles. The molecule has 1 aliphatic carbocycles. The van der Waals surface area contributed by atoms with E-state index in [1.807, 2.05) is 20.8 Å². The Morgan fingerprint density at radius 1 is 1.00 bits per heavy atom. The van der Waals surface area contributed by atoms with Crippen molar-refractivity contribution in [3.05, 3.63) is 35.9 Å². The highest BCUT2D eigenvalue weighted by Crippen LogP contribution is 2.32. The van der Waals surface area contributed by atoms with Crippen molar-refractivity contribution in [3.63, 3.8) is 0 Å². The highest BCUT2D eigenvalue weighted by molar-refractivity contribution is 5.67. The van der Waals surface area contributed by atoms with E-state index in [9.17, 15) is 4.79 Å². The third-order valence-corrected chi connectivity index (χ3v) is 6.28. The van der Waals surface area contributed by atoms with Gasteiger partial charge in [-0.3, -0.25) is 0 Å². The summed E-state index contributed by atoms with van der Waals surface area (Å²) >= 11 is 0. The number of alkyl carbamates (subject to hydrolysis) is 1. The summed E-state index contributed by atoms with van der Waals surface area (Å²) in [5.41, 5.74) is 1.09. The first kappa shape index (κ1) is 21.2. The maximum Gasteiger partial charge on any atom is 0.407 e. The van der Waals surface area contributed by atoms with Crippen LogP contribution < -0.4 is 5.32 Å². The van der Waals surface area contributed by atoms with Crippen LogP contribution in [0.5, 0.6) is 0 Å². The van der Waals surface area contributed by atoms with Gasteiger partial charge in [0.15, 0.2) is 0 Å². The minimum atomic E-state index is -0.421. The number of hydrogen-bond acceptors (Lipinski definition) is 3. The highest BCUT2D eigenvalue weighted by atomic mass is 16.6. The predicted molar refractivity (Wildman–Crippen MR) is 115 cm³/mol. The van der Waals surface area contributed by atoms with Crippen LogP contribution in [0.25, 0.3) is 0 Å².